The molecule has 0 radical (unpaired) electrons. The van der Waals surface area contributed by atoms with Gasteiger partial charge in [0.05, 0.1) is 19.3 Å². The second-order valence-electron chi connectivity index (χ2n) is 8.60. The summed E-state index contributed by atoms with van der Waals surface area (Å²) in [5.74, 6) is -0.411. The average molecular weight is 464 g/mol. The van der Waals surface area contributed by atoms with E-state index < -0.39 is 11.6 Å². The summed E-state index contributed by atoms with van der Waals surface area (Å²) in [6, 6.07) is 12.2. The highest BCUT2D eigenvalue weighted by atomic mass is 19.1. The summed E-state index contributed by atoms with van der Waals surface area (Å²) < 4.78 is 39.4. The van der Waals surface area contributed by atoms with Crippen LogP contribution in [-0.4, -0.2) is 29.7 Å². The molecule has 5 rings (SSSR count). The molecule has 2 unspecified atom stereocenters. The highest BCUT2D eigenvalue weighted by Crippen LogP contribution is 2.61. The van der Waals surface area contributed by atoms with Crippen LogP contribution in [0.5, 0.6) is 17.2 Å². The van der Waals surface area contributed by atoms with Gasteiger partial charge in [0, 0.05) is 41.5 Å². The largest absolute Gasteiger partial charge is 0.490 e. The van der Waals surface area contributed by atoms with Crippen LogP contribution < -0.4 is 15.2 Å². The third-order valence-electron chi connectivity index (χ3n) is 6.42. The molecule has 2 heterocycles. The number of aromatic nitrogens is 1. The molecule has 0 bridgehead atoms. The highest BCUT2D eigenvalue weighted by Gasteiger charge is 2.56. The van der Waals surface area contributed by atoms with Gasteiger partial charge in [-0.2, -0.15) is 0 Å². The number of halogens is 2. The van der Waals surface area contributed by atoms with Gasteiger partial charge in [0.2, 0.25) is 0 Å². The van der Waals surface area contributed by atoms with Gasteiger partial charge in [-0.05, 0) is 54.4 Å². The van der Waals surface area contributed by atoms with Crippen LogP contribution >= 0.6 is 0 Å². The van der Waals surface area contributed by atoms with Crippen LogP contribution in [0.3, 0.4) is 0 Å². The fraction of sp³-hybridized carbons (Fsp3) is 0.269. The first kappa shape index (κ1) is 22.2. The van der Waals surface area contributed by atoms with E-state index in [-0.39, 0.29) is 60.0 Å². The number of hydrogen-bond acceptors (Lipinski definition) is 6. The van der Waals surface area contributed by atoms with Gasteiger partial charge in [0.1, 0.15) is 23.1 Å². The number of rotatable bonds is 8. The van der Waals surface area contributed by atoms with Crippen molar-refractivity contribution in [2.75, 3.05) is 13.2 Å². The number of benzene rings is 2. The number of hydrogen-bond donors (Lipinski definition) is 1. The molecule has 2 aromatic carbocycles. The van der Waals surface area contributed by atoms with E-state index in [2.05, 4.69) is 4.98 Å². The zero-order valence-electron chi connectivity index (χ0n) is 18.2. The van der Waals surface area contributed by atoms with E-state index in [1.54, 1.807) is 36.4 Å². The van der Waals surface area contributed by atoms with Crippen molar-refractivity contribution in [1.29, 1.82) is 0 Å². The Balaban J connectivity index is 1.17. The lowest BCUT2D eigenvalue weighted by Crippen LogP contribution is -2.13. The van der Waals surface area contributed by atoms with Crippen LogP contribution in [0, 0.1) is 23.5 Å². The number of nitrogens with two attached hydrogens (primary N) is 1. The van der Waals surface area contributed by atoms with Gasteiger partial charge >= 0.3 is 0 Å². The average Bonchev–Trinajstić information content (AvgIpc) is 3.54. The van der Waals surface area contributed by atoms with Crippen LogP contribution in [-0.2, 0) is 11.2 Å². The summed E-state index contributed by atoms with van der Waals surface area (Å²) >= 11 is 0. The summed E-state index contributed by atoms with van der Waals surface area (Å²) in [6.45, 7) is 0.241. The van der Waals surface area contributed by atoms with Crippen LogP contribution in [0.2, 0.25) is 0 Å². The third-order valence-corrected chi connectivity index (χ3v) is 6.42. The first-order chi connectivity index (χ1) is 16.4. The molecule has 3 atom stereocenters. The van der Waals surface area contributed by atoms with Crippen molar-refractivity contribution in [2.45, 2.75) is 18.8 Å². The molecule has 1 fully saturated rings. The van der Waals surface area contributed by atoms with E-state index in [1.165, 1.54) is 6.20 Å². The van der Waals surface area contributed by atoms with Crippen molar-refractivity contribution in [3.05, 3.63) is 83.2 Å². The molecule has 6 nitrogen and oxygen atoms in total. The van der Waals surface area contributed by atoms with E-state index in [4.69, 9.17) is 15.2 Å². The number of Topliss-reactive ketones (excluding diaryl/α,β-unsaturated/α-hetero) is 2. The summed E-state index contributed by atoms with van der Waals surface area (Å²) in [7, 11) is 0. The minimum Gasteiger partial charge on any atom is -0.490 e. The van der Waals surface area contributed by atoms with Gasteiger partial charge < -0.3 is 15.2 Å². The van der Waals surface area contributed by atoms with Gasteiger partial charge in [-0.1, -0.05) is 0 Å². The van der Waals surface area contributed by atoms with E-state index in [9.17, 15) is 18.4 Å². The number of ether oxygens (including phenoxy) is 2. The Bertz CT molecular complexity index is 1240. The Kier molecular flexibility index (Phi) is 5.83. The van der Waals surface area contributed by atoms with Gasteiger partial charge in [-0.25, -0.2) is 8.78 Å². The molecule has 1 aliphatic carbocycles. The van der Waals surface area contributed by atoms with Crippen molar-refractivity contribution in [2.24, 2.45) is 17.6 Å². The molecule has 0 amide bonds. The Morgan fingerprint density at radius 3 is 2.47 bits per heavy atom. The summed E-state index contributed by atoms with van der Waals surface area (Å²) in [5, 5.41) is 0. The lowest BCUT2D eigenvalue weighted by Gasteiger charge is -2.17. The fourth-order valence-electron chi connectivity index (χ4n) is 4.64. The van der Waals surface area contributed by atoms with Crippen LogP contribution in [0.15, 0.2) is 54.7 Å². The van der Waals surface area contributed by atoms with Crippen molar-refractivity contribution in [3.63, 3.8) is 0 Å². The number of nitrogens with zero attached hydrogens (tertiary/aromatic N) is 1. The van der Waals surface area contributed by atoms with Crippen molar-refractivity contribution in [1.82, 2.24) is 4.98 Å². The standard InChI is InChI=1S/C26H22F2N2O4/c27-21-7-8-22(28)26-25(21)24-19(20(24)13-33-26)10-16(31)9-15-3-6-18(12-30-15)34-17-4-1-14(2-5-17)23(32)11-29/h1-8,12,19-20,24H,9-11,13,29H2/t19-,20?,24?/m1/s1. The normalized spacial score (nSPS) is 20.0. The molecule has 1 aromatic heterocycles. The predicted octanol–water partition coefficient (Wildman–Crippen LogP) is 4.22. The Labute approximate surface area is 194 Å². The zero-order chi connectivity index (χ0) is 23.8. The quantitative estimate of drug-likeness (QED) is 0.502. The van der Waals surface area contributed by atoms with Gasteiger partial charge in [-0.3, -0.25) is 14.6 Å². The molecule has 34 heavy (non-hydrogen) atoms. The molecule has 1 saturated carbocycles. The summed E-state index contributed by atoms with van der Waals surface area (Å²) in [6.07, 6.45) is 1.94. The molecule has 0 spiro atoms. The highest BCUT2D eigenvalue weighted by molar-refractivity contribution is 5.97. The lowest BCUT2D eigenvalue weighted by molar-refractivity contribution is -0.118. The predicted molar refractivity (Wildman–Crippen MR) is 119 cm³/mol. The second kappa shape index (κ2) is 8.95. The van der Waals surface area contributed by atoms with E-state index in [0.717, 1.165) is 12.1 Å². The summed E-state index contributed by atoms with van der Waals surface area (Å²) in [4.78, 5) is 28.5. The van der Waals surface area contributed by atoms with E-state index in [1.807, 2.05) is 0 Å². The minimum absolute atomic E-state index is 0.0147. The van der Waals surface area contributed by atoms with Crippen molar-refractivity contribution >= 4 is 11.6 Å². The van der Waals surface area contributed by atoms with Gasteiger partial charge in [-0.15, -0.1) is 0 Å². The number of pyridine rings is 1. The van der Waals surface area contributed by atoms with E-state index >= 15 is 0 Å². The molecule has 174 valence electrons. The molecular weight excluding hydrogens is 442 g/mol. The first-order valence-electron chi connectivity index (χ1n) is 11.0. The molecule has 1 aliphatic heterocycles. The maximum absolute atomic E-state index is 14.3. The van der Waals surface area contributed by atoms with Crippen LogP contribution in [0.4, 0.5) is 8.78 Å². The van der Waals surface area contributed by atoms with E-state index in [0.29, 0.717) is 29.4 Å². The van der Waals surface area contributed by atoms with Crippen LogP contribution in [0.1, 0.15) is 34.0 Å². The SMILES string of the molecule is NCC(=O)c1ccc(Oc2ccc(CC(=O)C[C@@H]3C4COc5c(F)ccc(F)c5C43)nc2)cc1. The topological polar surface area (TPSA) is 91.5 Å². The summed E-state index contributed by atoms with van der Waals surface area (Å²) in [5.41, 5.74) is 6.73. The van der Waals surface area contributed by atoms with Crippen molar-refractivity contribution in [3.8, 4) is 17.2 Å². The van der Waals surface area contributed by atoms with Gasteiger partial charge in [0.25, 0.3) is 0 Å². The zero-order valence-corrected chi connectivity index (χ0v) is 18.2. The monoisotopic (exact) mass is 464 g/mol. The molecule has 0 saturated heterocycles. The second-order valence-corrected chi connectivity index (χ2v) is 8.60. The number of carbonyl (C=O) groups excluding carboxylic acids is 2. The Morgan fingerprint density at radius 2 is 1.76 bits per heavy atom. The van der Waals surface area contributed by atoms with Gasteiger partial charge in [0.15, 0.2) is 17.3 Å². The molecular formula is C26H22F2N2O4. The Morgan fingerprint density at radius 1 is 1.03 bits per heavy atom. The molecule has 3 aromatic rings. The number of ketones is 2. The molecule has 2 aliphatic rings. The number of fused-ring (bicyclic) bond motifs is 3. The smallest absolute Gasteiger partial charge is 0.176 e. The third kappa shape index (κ3) is 4.28. The Hall–Kier alpha value is -3.65. The van der Waals surface area contributed by atoms with Crippen LogP contribution in [0.25, 0.3) is 0 Å². The minimum atomic E-state index is -0.571. The molecule has 8 heteroatoms. The fourth-order valence-corrected chi connectivity index (χ4v) is 4.64. The first-order valence-corrected chi connectivity index (χ1v) is 11.0. The maximum atomic E-state index is 14.3. The molecule has 2 N–H and O–H groups in total. The van der Waals surface area contributed by atoms with Crippen molar-refractivity contribution < 1.29 is 27.8 Å². The number of carbonyl (C=O) groups is 2. The maximum Gasteiger partial charge on any atom is 0.176 e. The lowest BCUT2D eigenvalue weighted by atomic mass is 10.0.